The molecule has 2 aromatic rings. The van der Waals surface area contributed by atoms with E-state index in [1.807, 2.05) is 12.1 Å². The summed E-state index contributed by atoms with van der Waals surface area (Å²) in [7, 11) is 1.78. The number of nitrogens with two attached hydrogens (primary N) is 2. The number of nitrogen functional groups attached to an aromatic ring is 1. The number of nitrogens with one attached hydrogen (secondary N) is 1. The molecule has 5 N–H and O–H groups in total. The summed E-state index contributed by atoms with van der Waals surface area (Å²) in [5.41, 5.74) is 10.6. The Morgan fingerprint density at radius 3 is 2.63 bits per heavy atom. The number of aryl methyl sites for hydroxylation is 1. The summed E-state index contributed by atoms with van der Waals surface area (Å²) < 4.78 is 1.61. The molecule has 0 bridgehead atoms. The van der Waals surface area contributed by atoms with E-state index < -0.39 is 0 Å². The van der Waals surface area contributed by atoms with Gasteiger partial charge in [0.15, 0.2) is 0 Å². The Kier molecular flexibility index (Phi) is 4.31. The zero-order valence-electron chi connectivity index (χ0n) is 10.4. The summed E-state index contributed by atoms with van der Waals surface area (Å²) in [6.07, 6.45) is 2.35. The molecule has 0 spiro atoms. The Bertz CT molecular complexity index is 581. The fourth-order valence-electron chi connectivity index (χ4n) is 1.89. The van der Waals surface area contributed by atoms with Gasteiger partial charge in [0.25, 0.3) is 0 Å². The monoisotopic (exact) mass is 299 g/mol. The molecule has 0 aliphatic heterocycles. The Morgan fingerprint density at radius 1 is 1.37 bits per heavy atom. The average Bonchev–Trinajstić information content (AvgIpc) is 2.72. The molecule has 19 heavy (non-hydrogen) atoms. The number of nitrogens with zero attached hydrogens (tertiary/aromatic N) is 2. The van der Waals surface area contributed by atoms with Gasteiger partial charge in [0.2, 0.25) is 0 Å². The molecular weight excluding hydrogens is 285 g/mol. The molecule has 0 saturated carbocycles. The van der Waals surface area contributed by atoms with Crippen molar-refractivity contribution < 1.29 is 0 Å². The molecule has 0 aliphatic carbocycles. The van der Waals surface area contributed by atoms with Crippen LogP contribution >= 0.6 is 23.2 Å². The van der Waals surface area contributed by atoms with E-state index in [0.29, 0.717) is 22.3 Å². The van der Waals surface area contributed by atoms with Crippen molar-refractivity contribution in [2.75, 3.05) is 5.73 Å². The standard InChI is InChI=1S/C12H15Cl2N5/c1-19-12(15)8(6-17-19)11(18-16)5-7-2-3-9(13)10(14)4-7/h2-4,6,11,18H,5,15-16H2,1H3. The quantitative estimate of drug-likeness (QED) is 0.596. The largest absolute Gasteiger partial charge is 0.384 e. The van der Waals surface area contributed by atoms with E-state index in [1.165, 1.54) is 0 Å². The summed E-state index contributed by atoms with van der Waals surface area (Å²) >= 11 is 11.9. The van der Waals surface area contributed by atoms with Crippen LogP contribution in [0.1, 0.15) is 17.2 Å². The summed E-state index contributed by atoms with van der Waals surface area (Å²) in [4.78, 5) is 0. The van der Waals surface area contributed by atoms with Gasteiger partial charge in [-0.25, -0.2) is 0 Å². The van der Waals surface area contributed by atoms with Crippen LogP contribution in [0.5, 0.6) is 0 Å². The highest BCUT2D eigenvalue weighted by molar-refractivity contribution is 6.42. The van der Waals surface area contributed by atoms with E-state index in [2.05, 4.69) is 10.5 Å². The highest BCUT2D eigenvalue weighted by Crippen LogP contribution is 2.27. The minimum absolute atomic E-state index is 0.133. The molecule has 1 atom stereocenters. The minimum atomic E-state index is -0.133. The maximum Gasteiger partial charge on any atom is 0.126 e. The van der Waals surface area contributed by atoms with Crippen LogP contribution in [0.3, 0.4) is 0 Å². The predicted octanol–water partition coefficient (Wildman–Crippen LogP) is 2.06. The molecule has 2 rings (SSSR count). The van der Waals surface area contributed by atoms with Gasteiger partial charge in [0, 0.05) is 12.6 Å². The molecular formula is C12H15Cl2N5. The number of benzene rings is 1. The summed E-state index contributed by atoms with van der Waals surface area (Å²) in [5.74, 6) is 6.18. The third kappa shape index (κ3) is 3.01. The number of hydrogen-bond acceptors (Lipinski definition) is 4. The molecule has 102 valence electrons. The van der Waals surface area contributed by atoms with Gasteiger partial charge in [-0.3, -0.25) is 16.0 Å². The molecule has 0 fully saturated rings. The van der Waals surface area contributed by atoms with Gasteiger partial charge in [0.1, 0.15) is 5.82 Å². The highest BCUT2D eigenvalue weighted by atomic mass is 35.5. The molecule has 0 saturated heterocycles. The first-order valence-corrected chi connectivity index (χ1v) is 6.46. The summed E-state index contributed by atoms with van der Waals surface area (Å²) in [6, 6.07) is 5.36. The van der Waals surface area contributed by atoms with Crippen molar-refractivity contribution in [2.24, 2.45) is 12.9 Å². The van der Waals surface area contributed by atoms with E-state index in [9.17, 15) is 0 Å². The normalized spacial score (nSPS) is 12.6. The predicted molar refractivity (Wildman–Crippen MR) is 77.9 cm³/mol. The van der Waals surface area contributed by atoms with Crippen LogP contribution in [0.25, 0.3) is 0 Å². The van der Waals surface area contributed by atoms with Crippen molar-refractivity contribution in [3.63, 3.8) is 0 Å². The van der Waals surface area contributed by atoms with Gasteiger partial charge in [0.05, 0.1) is 22.3 Å². The Hall–Kier alpha value is -1.27. The lowest BCUT2D eigenvalue weighted by molar-refractivity contribution is 0.553. The lowest BCUT2D eigenvalue weighted by atomic mass is 10.0. The van der Waals surface area contributed by atoms with Crippen LogP contribution in [0, 0.1) is 0 Å². The summed E-state index contributed by atoms with van der Waals surface area (Å²) in [5, 5.41) is 5.16. The average molecular weight is 300 g/mol. The second-order valence-electron chi connectivity index (χ2n) is 4.28. The maximum absolute atomic E-state index is 6.00. The molecule has 0 aliphatic rings. The molecule has 1 unspecified atom stereocenters. The Labute approximate surface area is 121 Å². The first-order valence-electron chi connectivity index (χ1n) is 5.70. The topological polar surface area (TPSA) is 81.9 Å². The van der Waals surface area contributed by atoms with Crippen LogP contribution in [-0.2, 0) is 13.5 Å². The van der Waals surface area contributed by atoms with Crippen LogP contribution in [0.2, 0.25) is 10.0 Å². The Balaban J connectivity index is 2.24. The third-order valence-electron chi connectivity index (χ3n) is 3.01. The lowest BCUT2D eigenvalue weighted by Gasteiger charge is -2.16. The fourth-order valence-corrected chi connectivity index (χ4v) is 2.21. The van der Waals surface area contributed by atoms with E-state index in [-0.39, 0.29) is 6.04 Å². The van der Waals surface area contributed by atoms with Crippen LogP contribution in [0.4, 0.5) is 5.82 Å². The molecule has 1 aromatic heterocycles. The molecule has 1 heterocycles. The molecule has 0 amide bonds. The Morgan fingerprint density at radius 2 is 2.11 bits per heavy atom. The highest BCUT2D eigenvalue weighted by Gasteiger charge is 2.17. The summed E-state index contributed by atoms with van der Waals surface area (Å²) in [6.45, 7) is 0. The van der Waals surface area contributed by atoms with Crippen molar-refractivity contribution >= 4 is 29.0 Å². The first-order chi connectivity index (χ1) is 9.02. The van der Waals surface area contributed by atoms with E-state index >= 15 is 0 Å². The van der Waals surface area contributed by atoms with E-state index in [4.69, 9.17) is 34.8 Å². The number of rotatable bonds is 4. The van der Waals surface area contributed by atoms with Crippen LogP contribution in [-0.4, -0.2) is 9.78 Å². The van der Waals surface area contributed by atoms with Crippen molar-refractivity contribution in [1.29, 1.82) is 0 Å². The van der Waals surface area contributed by atoms with E-state index in [0.717, 1.165) is 11.1 Å². The van der Waals surface area contributed by atoms with Gasteiger partial charge in [-0.15, -0.1) is 0 Å². The second kappa shape index (κ2) is 5.79. The number of aromatic nitrogens is 2. The van der Waals surface area contributed by atoms with Gasteiger partial charge in [-0.1, -0.05) is 29.3 Å². The van der Waals surface area contributed by atoms with Crippen molar-refractivity contribution in [3.8, 4) is 0 Å². The zero-order chi connectivity index (χ0) is 14.0. The van der Waals surface area contributed by atoms with Gasteiger partial charge in [-0.05, 0) is 24.1 Å². The number of hydrazine groups is 1. The van der Waals surface area contributed by atoms with Crippen molar-refractivity contribution in [2.45, 2.75) is 12.5 Å². The SMILES string of the molecule is Cn1ncc(C(Cc2ccc(Cl)c(Cl)c2)NN)c1N. The lowest BCUT2D eigenvalue weighted by Crippen LogP contribution is -2.30. The van der Waals surface area contributed by atoms with Crippen LogP contribution < -0.4 is 17.0 Å². The zero-order valence-corrected chi connectivity index (χ0v) is 11.9. The maximum atomic E-state index is 6.00. The number of hydrogen-bond donors (Lipinski definition) is 3. The molecule has 5 nitrogen and oxygen atoms in total. The fraction of sp³-hybridized carbons (Fsp3) is 0.250. The number of anilines is 1. The van der Waals surface area contributed by atoms with Crippen molar-refractivity contribution in [1.82, 2.24) is 15.2 Å². The minimum Gasteiger partial charge on any atom is -0.384 e. The molecule has 1 aromatic carbocycles. The molecule has 0 radical (unpaired) electrons. The smallest absolute Gasteiger partial charge is 0.126 e. The third-order valence-corrected chi connectivity index (χ3v) is 3.75. The molecule has 7 heteroatoms. The van der Waals surface area contributed by atoms with Gasteiger partial charge >= 0.3 is 0 Å². The van der Waals surface area contributed by atoms with Gasteiger partial charge in [-0.2, -0.15) is 5.10 Å². The first kappa shape index (κ1) is 14.1. The van der Waals surface area contributed by atoms with Crippen molar-refractivity contribution in [3.05, 3.63) is 45.6 Å². The van der Waals surface area contributed by atoms with E-state index in [1.54, 1.807) is 24.0 Å². The second-order valence-corrected chi connectivity index (χ2v) is 5.09. The number of halogens is 2. The van der Waals surface area contributed by atoms with Crippen LogP contribution in [0.15, 0.2) is 24.4 Å². The van der Waals surface area contributed by atoms with Gasteiger partial charge < -0.3 is 5.73 Å².